The summed E-state index contributed by atoms with van der Waals surface area (Å²) in [5.41, 5.74) is 7.39. The molecule has 0 N–H and O–H groups in total. The van der Waals surface area contributed by atoms with Crippen LogP contribution in [0.25, 0.3) is 0 Å². The zero-order valence-corrected chi connectivity index (χ0v) is 23.0. The number of hydrogen-bond acceptors (Lipinski definition) is 3. The molecule has 0 aromatic heterocycles. The molecule has 0 atom stereocenters. The Balaban J connectivity index is 0.000000248. The molecule has 0 saturated carbocycles. The Kier molecular flexibility index (Phi) is 8.20. The van der Waals surface area contributed by atoms with Crippen molar-refractivity contribution in [1.82, 2.24) is 0 Å². The summed E-state index contributed by atoms with van der Waals surface area (Å²) in [5.74, 6) is 0. The van der Waals surface area contributed by atoms with Crippen molar-refractivity contribution in [3.8, 4) is 0 Å². The van der Waals surface area contributed by atoms with Gasteiger partial charge >= 0.3 is 143 Å². The number of rotatable bonds is 4. The van der Waals surface area contributed by atoms with Crippen LogP contribution in [0.15, 0.2) is 102 Å². The molecular formula is C29H31AsO3S. The first kappa shape index (κ1) is 26.0. The van der Waals surface area contributed by atoms with Gasteiger partial charge in [0.1, 0.15) is 10.1 Å². The molecule has 5 heteroatoms. The maximum absolute atomic E-state index is 10.4. The van der Waals surface area contributed by atoms with E-state index >= 15 is 0 Å². The summed E-state index contributed by atoms with van der Waals surface area (Å²) in [4.78, 5) is -0.178. The van der Waals surface area contributed by atoms with Crippen molar-refractivity contribution >= 4 is 36.7 Å². The van der Waals surface area contributed by atoms with E-state index in [2.05, 4.69) is 99.3 Å². The van der Waals surface area contributed by atoms with Gasteiger partial charge in [0.05, 0.1) is 4.90 Å². The van der Waals surface area contributed by atoms with E-state index in [9.17, 15) is 13.0 Å². The Labute approximate surface area is 206 Å². The van der Waals surface area contributed by atoms with Crippen LogP contribution in [0.3, 0.4) is 0 Å². The van der Waals surface area contributed by atoms with Crippen LogP contribution < -0.4 is 13.1 Å². The van der Waals surface area contributed by atoms with Gasteiger partial charge in [0.25, 0.3) is 0 Å². The zero-order valence-electron chi connectivity index (χ0n) is 20.3. The first-order valence-corrected chi connectivity index (χ1v) is 17.2. The molecule has 0 amide bonds. The van der Waals surface area contributed by atoms with Gasteiger partial charge in [0.15, 0.2) is 0 Å². The van der Waals surface area contributed by atoms with Gasteiger partial charge < -0.3 is 4.55 Å². The normalized spacial score (nSPS) is 11.5. The summed E-state index contributed by atoms with van der Waals surface area (Å²) in [7, 11) is -4.27. The average molecular weight is 535 g/mol. The Morgan fingerprint density at radius 1 is 0.500 bits per heavy atom. The summed E-state index contributed by atoms with van der Waals surface area (Å²) in [6.45, 7) is 8.29. The molecule has 0 bridgehead atoms. The number of aryl methyl sites for hydroxylation is 4. The third-order valence-electron chi connectivity index (χ3n) is 5.96. The zero-order chi connectivity index (χ0) is 24.9. The number of benzene rings is 4. The fourth-order valence-electron chi connectivity index (χ4n) is 3.68. The Hall–Kier alpha value is -2.65. The van der Waals surface area contributed by atoms with Crippen molar-refractivity contribution in [2.75, 3.05) is 0 Å². The molecule has 4 aromatic rings. The van der Waals surface area contributed by atoms with Crippen LogP contribution in [0.4, 0.5) is 0 Å². The molecule has 34 heavy (non-hydrogen) atoms. The van der Waals surface area contributed by atoms with E-state index in [1.165, 1.54) is 41.9 Å². The second-order valence-corrected chi connectivity index (χ2v) is 17.6. The summed E-state index contributed by atoms with van der Waals surface area (Å²) in [6.07, 6.45) is 0. The van der Waals surface area contributed by atoms with Crippen LogP contribution in [0.1, 0.15) is 22.3 Å². The van der Waals surface area contributed by atoms with Crippen LogP contribution in [-0.2, 0) is 10.1 Å². The molecule has 176 valence electrons. The molecule has 0 unspecified atom stereocenters. The van der Waals surface area contributed by atoms with E-state index in [1.54, 1.807) is 12.1 Å². The maximum atomic E-state index is 10.4. The predicted octanol–water partition coefficient (Wildman–Crippen LogP) is 4.61. The molecule has 0 heterocycles. The molecule has 0 aliphatic heterocycles. The SMILES string of the molecule is Cc1ccc(S(=O)(=O)[O-])cc1.Cc1ccc([As+](C)(c2ccc(C)cc2)c2ccc(C)cc2)cc1. The first-order valence-electron chi connectivity index (χ1n) is 11.1. The third-order valence-corrected chi connectivity index (χ3v) is 15.2. The van der Waals surface area contributed by atoms with Gasteiger partial charge in [-0.1, -0.05) is 17.7 Å². The Morgan fingerprint density at radius 2 is 0.735 bits per heavy atom. The molecular weight excluding hydrogens is 503 g/mol. The van der Waals surface area contributed by atoms with Gasteiger partial charge in [-0.2, -0.15) is 0 Å². The van der Waals surface area contributed by atoms with E-state index in [1.807, 2.05) is 6.92 Å². The second kappa shape index (κ2) is 10.7. The van der Waals surface area contributed by atoms with Crippen LogP contribution in [-0.4, -0.2) is 26.5 Å². The van der Waals surface area contributed by atoms with E-state index in [0.29, 0.717) is 0 Å². The van der Waals surface area contributed by atoms with E-state index in [4.69, 9.17) is 0 Å². The predicted molar refractivity (Wildman–Crippen MR) is 143 cm³/mol. The van der Waals surface area contributed by atoms with E-state index in [0.717, 1.165) is 5.56 Å². The van der Waals surface area contributed by atoms with Crippen molar-refractivity contribution in [2.24, 2.45) is 0 Å². The third kappa shape index (κ3) is 6.27. The van der Waals surface area contributed by atoms with Crippen molar-refractivity contribution in [3.63, 3.8) is 0 Å². The monoisotopic (exact) mass is 534 g/mol. The number of hydrogen-bond donors (Lipinski definition) is 0. The van der Waals surface area contributed by atoms with Gasteiger partial charge in [-0.15, -0.1) is 0 Å². The molecule has 0 aliphatic rings. The quantitative estimate of drug-likeness (QED) is 0.284. The van der Waals surface area contributed by atoms with Gasteiger partial charge in [-0.05, 0) is 19.1 Å². The minimum absolute atomic E-state index is 0.178. The summed E-state index contributed by atoms with van der Waals surface area (Å²) in [5, 5.41) is 0. The molecule has 0 fully saturated rings. The van der Waals surface area contributed by atoms with Gasteiger partial charge in [0.2, 0.25) is 0 Å². The standard InChI is InChI=1S/C22H24As.C7H8O3S/c1-17-5-11-20(12-6-17)23(4,21-13-7-18(2)8-14-21)22-15-9-19(3)10-16-22;1-6-2-4-7(5-3-6)11(8,9)10/h5-16H,1-4H3;2-5H,1H3,(H,8,9,10)/q+1;/p-1. The van der Waals surface area contributed by atoms with Crippen molar-refractivity contribution in [1.29, 1.82) is 0 Å². The van der Waals surface area contributed by atoms with Crippen molar-refractivity contribution < 1.29 is 13.0 Å². The fourth-order valence-corrected chi connectivity index (χ4v) is 10.7. The fraction of sp³-hybridized carbons (Fsp3) is 0.172. The van der Waals surface area contributed by atoms with Gasteiger partial charge in [-0.3, -0.25) is 0 Å². The molecule has 0 radical (unpaired) electrons. The first-order chi connectivity index (χ1) is 16.0. The van der Waals surface area contributed by atoms with Gasteiger partial charge in [-0.25, -0.2) is 8.42 Å². The topological polar surface area (TPSA) is 57.2 Å². The van der Waals surface area contributed by atoms with E-state index in [-0.39, 0.29) is 4.90 Å². The average Bonchev–Trinajstić information content (AvgIpc) is 2.80. The molecule has 0 saturated heterocycles. The molecule has 0 aliphatic carbocycles. The minimum atomic E-state index is -4.27. The molecule has 4 rings (SSSR count). The van der Waals surface area contributed by atoms with Crippen LogP contribution >= 0.6 is 0 Å². The van der Waals surface area contributed by atoms with Crippen LogP contribution in [0, 0.1) is 27.7 Å². The van der Waals surface area contributed by atoms with Crippen LogP contribution in [0.5, 0.6) is 0 Å². The van der Waals surface area contributed by atoms with Gasteiger partial charge in [0, 0.05) is 0 Å². The molecule has 3 nitrogen and oxygen atoms in total. The summed E-state index contributed by atoms with van der Waals surface area (Å²) >= 11 is -2.37. The molecule has 0 spiro atoms. The second-order valence-electron chi connectivity index (χ2n) is 8.78. The Morgan fingerprint density at radius 3 is 0.971 bits per heavy atom. The van der Waals surface area contributed by atoms with Crippen molar-refractivity contribution in [2.45, 2.75) is 38.3 Å². The molecule has 4 aromatic carbocycles. The summed E-state index contributed by atoms with van der Waals surface area (Å²) in [6, 6.07) is 33.3. The van der Waals surface area contributed by atoms with Crippen molar-refractivity contribution in [3.05, 3.63) is 119 Å². The van der Waals surface area contributed by atoms with E-state index < -0.39 is 23.7 Å². The summed E-state index contributed by atoms with van der Waals surface area (Å²) < 4.78 is 35.7. The van der Waals surface area contributed by atoms with Crippen LogP contribution in [0.2, 0.25) is 5.71 Å². The Bertz CT molecular complexity index is 1210.